The van der Waals surface area contributed by atoms with Crippen molar-refractivity contribution in [3.63, 3.8) is 0 Å². The first kappa shape index (κ1) is 11.4. The van der Waals surface area contributed by atoms with Crippen LogP contribution in [-0.4, -0.2) is 5.78 Å². The van der Waals surface area contributed by atoms with Gasteiger partial charge in [-0.15, -0.1) is 0 Å². The van der Waals surface area contributed by atoms with E-state index in [2.05, 4.69) is 40.2 Å². The van der Waals surface area contributed by atoms with Crippen molar-refractivity contribution < 1.29 is 4.79 Å². The van der Waals surface area contributed by atoms with Gasteiger partial charge in [0.1, 0.15) is 5.78 Å². The molecule has 1 rings (SSSR count). The predicted octanol–water partition coefficient (Wildman–Crippen LogP) is 3.75. The lowest BCUT2D eigenvalue weighted by molar-refractivity contribution is -0.117. The molecule has 0 fully saturated rings. The summed E-state index contributed by atoms with van der Waals surface area (Å²) in [5.41, 5.74) is 1.34. The summed E-state index contributed by atoms with van der Waals surface area (Å²) in [5, 5.41) is 0. The highest BCUT2D eigenvalue weighted by atomic mass is 79.9. The molecule has 0 amide bonds. The molecule has 0 aliphatic heterocycles. The molecule has 0 N–H and O–H groups in total. The maximum Gasteiger partial charge on any atom is 0.129 e. The second-order valence-electron chi connectivity index (χ2n) is 3.54. The topological polar surface area (TPSA) is 17.1 Å². The third-order valence-electron chi connectivity index (χ3n) is 2.16. The van der Waals surface area contributed by atoms with Gasteiger partial charge in [0.15, 0.2) is 0 Å². The van der Waals surface area contributed by atoms with E-state index in [1.54, 1.807) is 6.92 Å². The van der Waals surface area contributed by atoms with Gasteiger partial charge in [-0.1, -0.05) is 28.1 Å². The summed E-state index contributed by atoms with van der Waals surface area (Å²) in [6.07, 6.45) is 3.89. The van der Waals surface area contributed by atoms with E-state index in [0.717, 1.165) is 30.2 Å². The van der Waals surface area contributed by atoms with Gasteiger partial charge in [-0.3, -0.25) is 0 Å². The highest BCUT2D eigenvalue weighted by Crippen LogP contribution is 2.12. The largest absolute Gasteiger partial charge is 0.300 e. The molecule has 76 valence electrons. The molecule has 0 spiro atoms. The van der Waals surface area contributed by atoms with E-state index < -0.39 is 0 Å². The van der Waals surface area contributed by atoms with Gasteiger partial charge < -0.3 is 4.79 Å². The van der Waals surface area contributed by atoms with E-state index in [0.29, 0.717) is 5.78 Å². The number of carbonyl (C=O) groups excluding carboxylic acids is 1. The van der Waals surface area contributed by atoms with Gasteiger partial charge in [0, 0.05) is 10.9 Å². The third-order valence-corrected chi connectivity index (χ3v) is 2.69. The number of benzene rings is 1. The number of ketones is 1. The SMILES string of the molecule is CC(=O)CCCCc1ccc(Br)cc1. The van der Waals surface area contributed by atoms with Gasteiger partial charge in [-0.05, 0) is 43.9 Å². The number of hydrogen-bond acceptors (Lipinski definition) is 1. The molecule has 0 atom stereocenters. The van der Waals surface area contributed by atoms with E-state index >= 15 is 0 Å². The molecule has 0 heterocycles. The smallest absolute Gasteiger partial charge is 0.129 e. The molecule has 1 aromatic carbocycles. The van der Waals surface area contributed by atoms with Crippen LogP contribution in [-0.2, 0) is 11.2 Å². The maximum absolute atomic E-state index is 10.7. The van der Waals surface area contributed by atoms with E-state index in [4.69, 9.17) is 0 Å². The number of Topliss-reactive ketones (excluding diaryl/α,β-unsaturated/α-hetero) is 1. The van der Waals surface area contributed by atoms with Crippen molar-refractivity contribution in [2.45, 2.75) is 32.6 Å². The van der Waals surface area contributed by atoms with Crippen LogP contribution in [0.25, 0.3) is 0 Å². The first-order chi connectivity index (χ1) is 6.68. The van der Waals surface area contributed by atoms with Crippen LogP contribution in [0.1, 0.15) is 31.7 Å². The molecule has 0 saturated carbocycles. The summed E-state index contributed by atoms with van der Waals surface area (Å²) in [6, 6.07) is 8.36. The van der Waals surface area contributed by atoms with Crippen molar-refractivity contribution in [1.82, 2.24) is 0 Å². The zero-order valence-electron chi connectivity index (χ0n) is 8.42. The van der Waals surface area contributed by atoms with Crippen molar-refractivity contribution in [1.29, 1.82) is 0 Å². The van der Waals surface area contributed by atoms with E-state index in [9.17, 15) is 4.79 Å². The van der Waals surface area contributed by atoms with Crippen LogP contribution in [0.3, 0.4) is 0 Å². The summed E-state index contributed by atoms with van der Waals surface area (Å²) < 4.78 is 1.12. The van der Waals surface area contributed by atoms with Gasteiger partial charge in [0.2, 0.25) is 0 Å². The van der Waals surface area contributed by atoms with Crippen molar-refractivity contribution in [2.75, 3.05) is 0 Å². The average Bonchev–Trinajstić information content (AvgIpc) is 2.15. The Hall–Kier alpha value is -0.630. The average molecular weight is 255 g/mol. The number of unbranched alkanes of at least 4 members (excludes halogenated alkanes) is 1. The Labute approximate surface area is 93.7 Å². The van der Waals surface area contributed by atoms with Crippen LogP contribution in [0.2, 0.25) is 0 Å². The Bertz CT molecular complexity index is 290. The van der Waals surface area contributed by atoms with Crippen LogP contribution in [0.5, 0.6) is 0 Å². The molecule has 0 aliphatic carbocycles. The first-order valence-corrected chi connectivity index (χ1v) is 5.71. The van der Waals surface area contributed by atoms with Crippen LogP contribution in [0, 0.1) is 0 Å². The number of aryl methyl sites for hydroxylation is 1. The summed E-state index contributed by atoms with van der Waals surface area (Å²) in [4.78, 5) is 10.7. The second-order valence-corrected chi connectivity index (χ2v) is 4.45. The minimum atomic E-state index is 0.292. The van der Waals surface area contributed by atoms with Gasteiger partial charge in [0.05, 0.1) is 0 Å². The highest BCUT2D eigenvalue weighted by Gasteiger charge is 1.95. The van der Waals surface area contributed by atoms with Crippen molar-refractivity contribution >= 4 is 21.7 Å². The van der Waals surface area contributed by atoms with E-state index in [1.165, 1.54) is 5.56 Å². The Morgan fingerprint density at radius 2 is 1.86 bits per heavy atom. The minimum Gasteiger partial charge on any atom is -0.300 e. The van der Waals surface area contributed by atoms with Gasteiger partial charge in [-0.2, -0.15) is 0 Å². The van der Waals surface area contributed by atoms with E-state index in [1.807, 2.05) is 0 Å². The molecule has 0 bridgehead atoms. The number of halogens is 1. The molecule has 1 aromatic rings. The highest BCUT2D eigenvalue weighted by molar-refractivity contribution is 9.10. The lowest BCUT2D eigenvalue weighted by atomic mass is 10.1. The fourth-order valence-electron chi connectivity index (χ4n) is 1.35. The molecular weight excluding hydrogens is 240 g/mol. The van der Waals surface area contributed by atoms with Gasteiger partial charge in [-0.25, -0.2) is 0 Å². The van der Waals surface area contributed by atoms with E-state index in [-0.39, 0.29) is 0 Å². The Balaban J connectivity index is 2.25. The first-order valence-electron chi connectivity index (χ1n) is 4.92. The monoisotopic (exact) mass is 254 g/mol. The second kappa shape index (κ2) is 5.97. The number of hydrogen-bond donors (Lipinski definition) is 0. The molecule has 0 aliphatic rings. The maximum atomic E-state index is 10.7. The fraction of sp³-hybridized carbons (Fsp3) is 0.417. The molecule has 0 unspecified atom stereocenters. The summed E-state index contributed by atoms with van der Waals surface area (Å²) >= 11 is 3.40. The lowest BCUT2D eigenvalue weighted by Crippen LogP contribution is -1.91. The Kier molecular flexibility index (Phi) is 4.88. The van der Waals surface area contributed by atoms with Crippen LogP contribution >= 0.6 is 15.9 Å². The zero-order valence-corrected chi connectivity index (χ0v) is 10.0. The Morgan fingerprint density at radius 1 is 1.21 bits per heavy atom. The molecule has 0 aromatic heterocycles. The molecule has 2 heteroatoms. The van der Waals surface area contributed by atoms with Crippen LogP contribution in [0.15, 0.2) is 28.7 Å². The van der Waals surface area contributed by atoms with Crippen LogP contribution in [0.4, 0.5) is 0 Å². The molecule has 14 heavy (non-hydrogen) atoms. The van der Waals surface area contributed by atoms with Crippen LogP contribution < -0.4 is 0 Å². The number of carbonyl (C=O) groups is 1. The summed E-state index contributed by atoms with van der Waals surface area (Å²) in [6.45, 7) is 1.65. The molecule has 0 radical (unpaired) electrons. The van der Waals surface area contributed by atoms with Crippen molar-refractivity contribution in [3.8, 4) is 0 Å². The van der Waals surface area contributed by atoms with Crippen molar-refractivity contribution in [2.24, 2.45) is 0 Å². The lowest BCUT2D eigenvalue weighted by Gasteiger charge is -2.00. The number of rotatable bonds is 5. The third kappa shape index (κ3) is 4.56. The Morgan fingerprint density at radius 3 is 2.43 bits per heavy atom. The zero-order chi connectivity index (χ0) is 10.4. The molecule has 0 saturated heterocycles. The van der Waals surface area contributed by atoms with Gasteiger partial charge in [0.25, 0.3) is 0 Å². The summed E-state index contributed by atoms with van der Waals surface area (Å²) in [7, 11) is 0. The minimum absolute atomic E-state index is 0.292. The quantitative estimate of drug-likeness (QED) is 0.732. The normalized spacial score (nSPS) is 10.1. The summed E-state index contributed by atoms with van der Waals surface area (Å²) in [5.74, 6) is 0.292. The fourth-order valence-corrected chi connectivity index (χ4v) is 1.62. The standard InChI is InChI=1S/C12H15BrO/c1-10(14)4-2-3-5-11-6-8-12(13)9-7-11/h6-9H,2-5H2,1H3. The van der Waals surface area contributed by atoms with Gasteiger partial charge >= 0.3 is 0 Å². The molecule has 1 nitrogen and oxygen atoms in total. The molecular formula is C12H15BrO. The van der Waals surface area contributed by atoms with Crippen molar-refractivity contribution in [3.05, 3.63) is 34.3 Å². The predicted molar refractivity (Wildman–Crippen MR) is 62.4 cm³/mol.